The third kappa shape index (κ3) is 3.52. The van der Waals surface area contributed by atoms with Crippen molar-refractivity contribution in [1.82, 2.24) is 0 Å². The summed E-state index contributed by atoms with van der Waals surface area (Å²) in [4.78, 5) is 4.38. The molecule has 2 unspecified atom stereocenters. The predicted molar refractivity (Wildman–Crippen MR) is 105 cm³/mol. The van der Waals surface area contributed by atoms with Crippen LogP contribution in [0.5, 0.6) is 0 Å². The monoisotopic (exact) mass is 456 g/mol. The second kappa shape index (κ2) is 6.67. The average Bonchev–Trinajstić information content (AvgIpc) is 2.52. The van der Waals surface area contributed by atoms with Crippen molar-refractivity contribution in [3.05, 3.63) is 69.7 Å². The van der Waals surface area contributed by atoms with Gasteiger partial charge in [0.15, 0.2) is 9.84 Å². The lowest BCUT2D eigenvalue weighted by molar-refractivity contribution is 0.467. The van der Waals surface area contributed by atoms with Crippen molar-refractivity contribution in [3.8, 4) is 0 Å². The summed E-state index contributed by atoms with van der Waals surface area (Å²) >= 11 is 3.37. The molecule has 3 rings (SSSR count). The molecular weight excluding hydrogens is 438 g/mol. The number of hydrogen-bond acceptors (Lipinski definition) is 4. The van der Waals surface area contributed by atoms with Crippen LogP contribution < -0.4 is 5.73 Å². The SMILES string of the molecule is CC1(c2ccc(F)cc2F)CS(=O)(=O)C(C)(Cc2cccc(Br)c2)C(N)=N1. The third-order valence-corrected chi connectivity index (χ3v) is 8.17. The lowest BCUT2D eigenvalue weighted by Gasteiger charge is -2.40. The molecule has 0 bridgehead atoms. The van der Waals surface area contributed by atoms with Crippen LogP contribution in [0, 0.1) is 11.6 Å². The van der Waals surface area contributed by atoms with Gasteiger partial charge < -0.3 is 5.73 Å². The Balaban J connectivity index is 2.09. The fraction of sp³-hybridized carbons (Fsp3) is 0.316. The second-order valence-corrected chi connectivity index (χ2v) is 10.5. The molecule has 0 saturated heterocycles. The van der Waals surface area contributed by atoms with E-state index in [1.807, 2.05) is 24.3 Å². The molecule has 0 aromatic heterocycles. The molecule has 1 aliphatic rings. The largest absolute Gasteiger partial charge is 0.386 e. The van der Waals surface area contributed by atoms with Crippen molar-refractivity contribution in [2.75, 3.05) is 5.75 Å². The molecule has 4 nitrogen and oxygen atoms in total. The van der Waals surface area contributed by atoms with Gasteiger partial charge in [-0.05, 0) is 44.0 Å². The molecule has 1 heterocycles. The van der Waals surface area contributed by atoms with E-state index in [-0.39, 0.29) is 17.8 Å². The molecule has 0 fully saturated rings. The molecule has 144 valence electrons. The van der Waals surface area contributed by atoms with Crippen LogP contribution in [0.1, 0.15) is 25.0 Å². The molecule has 2 aromatic carbocycles. The molecule has 1 aliphatic heterocycles. The minimum Gasteiger partial charge on any atom is -0.386 e. The van der Waals surface area contributed by atoms with E-state index in [0.29, 0.717) is 6.07 Å². The Morgan fingerprint density at radius 2 is 1.89 bits per heavy atom. The normalized spacial score (nSPS) is 27.2. The van der Waals surface area contributed by atoms with Gasteiger partial charge in [0.2, 0.25) is 0 Å². The van der Waals surface area contributed by atoms with Gasteiger partial charge in [-0.1, -0.05) is 34.1 Å². The number of rotatable bonds is 3. The smallest absolute Gasteiger partial charge is 0.165 e. The number of nitrogens with two attached hydrogens (primary N) is 1. The predicted octanol–water partition coefficient (Wildman–Crippen LogP) is 3.73. The van der Waals surface area contributed by atoms with Gasteiger partial charge in [0.05, 0.1) is 5.75 Å². The van der Waals surface area contributed by atoms with Crippen molar-refractivity contribution in [2.45, 2.75) is 30.6 Å². The van der Waals surface area contributed by atoms with E-state index in [1.54, 1.807) is 0 Å². The molecule has 0 saturated carbocycles. The Labute approximate surface area is 165 Å². The van der Waals surface area contributed by atoms with Gasteiger partial charge in [0.25, 0.3) is 0 Å². The van der Waals surface area contributed by atoms with E-state index in [2.05, 4.69) is 20.9 Å². The van der Waals surface area contributed by atoms with Crippen LogP contribution in [-0.4, -0.2) is 24.8 Å². The van der Waals surface area contributed by atoms with Crippen LogP contribution in [0.2, 0.25) is 0 Å². The van der Waals surface area contributed by atoms with E-state index in [4.69, 9.17) is 5.73 Å². The summed E-state index contributed by atoms with van der Waals surface area (Å²) in [5.74, 6) is -2.09. The fourth-order valence-electron chi connectivity index (χ4n) is 3.41. The van der Waals surface area contributed by atoms with E-state index in [1.165, 1.54) is 19.9 Å². The number of aliphatic imine (C=N–C) groups is 1. The van der Waals surface area contributed by atoms with Gasteiger partial charge in [-0.25, -0.2) is 17.2 Å². The van der Waals surface area contributed by atoms with Crippen molar-refractivity contribution in [2.24, 2.45) is 10.7 Å². The Kier molecular flexibility index (Phi) is 4.93. The van der Waals surface area contributed by atoms with Gasteiger partial charge in [0.1, 0.15) is 27.8 Å². The van der Waals surface area contributed by atoms with Gasteiger partial charge in [0, 0.05) is 16.1 Å². The van der Waals surface area contributed by atoms with Crippen molar-refractivity contribution in [3.63, 3.8) is 0 Å². The Bertz CT molecular complexity index is 1040. The van der Waals surface area contributed by atoms with Crippen LogP contribution in [0.3, 0.4) is 0 Å². The molecule has 2 aromatic rings. The Morgan fingerprint density at radius 1 is 1.19 bits per heavy atom. The first-order chi connectivity index (χ1) is 12.5. The highest BCUT2D eigenvalue weighted by molar-refractivity contribution is 9.10. The quantitative estimate of drug-likeness (QED) is 0.764. The van der Waals surface area contributed by atoms with Gasteiger partial charge in [-0.15, -0.1) is 0 Å². The van der Waals surface area contributed by atoms with E-state index in [9.17, 15) is 17.2 Å². The highest BCUT2D eigenvalue weighted by Crippen LogP contribution is 2.39. The van der Waals surface area contributed by atoms with Crippen LogP contribution in [0.4, 0.5) is 8.78 Å². The molecular formula is C19H19BrF2N2O2S. The maximum atomic E-state index is 14.3. The van der Waals surface area contributed by atoms with Gasteiger partial charge in [-0.2, -0.15) is 0 Å². The highest BCUT2D eigenvalue weighted by atomic mass is 79.9. The average molecular weight is 457 g/mol. The molecule has 0 radical (unpaired) electrons. The first-order valence-electron chi connectivity index (χ1n) is 8.25. The Morgan fingerprint density at radius 3 is 2.48 bits per heavy atom. The number of nitrogens with zero attached hydrogens (tertiary/aromatic N) is 1. The standard InChI is InChI=1S/C19H19BrF2N2O2S/c1-18(15-7-6-14(21)9-16(15)22)11-27(25,26)19(2,17(23)24-18)10-12-4-3-5-13(20)8-12/h3-9H,10-11H2,1-2H3,(H2,23,24). The van der Waals surface area contributed by atoms with Crippen molar-refractivity contribution in [1.29, 1.82) is 0 Å². The van der Waals surface area contributed by atoms with Crippen LogP contribution in [0.15, 0.2) is 51.9 Å². The molecule has 2 N–H and O–H groups in total. The van der Waals surface area contributed by atoms with Crippen LogP contribution in [-0.2, 0) is 21.8 Å². The van der Waals surface area contributed by atoms with Gasteiger partial charge in [-0.3, -0.25) is 4.99 Å². The lowest BCUT2D eigenvalue weighted by Crippen LogP contribution is -2.57. The number of benzene rings is 2. The molecule has 0 aliphatic carbocycles. The Hall–Kier alpha value is -1.80. The summed E-state index contributed by atoms with van der Waals surface area (Å²) < 4.78 is 53.4. The maximum absolute atomic E-state index is 14.3. The third-order valence-electron chi connectivity index (χ3n) is 5.01. The zero-order valence-electron chi connectivity index (χ0n) is 14.8. The summed E-state index contributed by atoms with van der Waals surface area (Å²) in [7, 11) is -3.80. The number of amidine groups is 1. The summed E-state index contributed by atoms with van der Waals surface area (Å²) in [6.07, 6.45) is 0.145. The van der Waals surface area contributed by atoms with Crippen molar-refractivity contribution < 1.29 is 17.2 Å². The van der Waals surface area contributed by atoms with Crippen LogP contribution in [0.25, 0.3) is 0 Å². The topological polar surface area (TPSA) is 72.5 Å². The maximum Gasteiger partial charge on any atom is 0.165 e. The zero-order chi connectivity index (χ0) is 20.0. The fourth-order valence-corrected chi connectivity index (χ4v) is 5.88. The molecule has 27 heavy (non-hydrogen) atoms. The first kappa shape index (κ1) is 19.9. The summed E-state index contributed by atoms with van der Waals surface area (Å²) in [6.45, 7) is 3.02. The molecule has 2 atom stereocenters. The second-order valence-electron chi connectivity index (χ2n) is 7.19. The van der Waals surface area contributed by atoms with Crippen molar-refractivity contribution >= 4 is 31.6 Å². The van der Waals surface area contributed by atoms with E-state index >= 15 is 0 Å². The summed E-state index contributed by atoms with van der Waals surface area (Å²) in [6, 6.07) is 10.3. The molecule has 8 heteroatoms. The first-order valence-corrected chi connectivity index (χ1v) is 10.7. The minimum atomic E-state index is -3.80. The van der Waals surface area contributed by atoms with E-state index < -0.39 is 37.5 Å². The van der Waals surface area contributed by atoms with Crippen LogP contribution >= 0.6 is 15.9 Å². The number of halogens is 3. The summed E-state index contributed by atoms with van der Waals surface area (Å²) in [5, 5.41) is 0. The lowest BCUT2D eigenvalue weighted by atomic mass is 9.92. The number of hydrogen-bond donors (Lipinski definition) is 1. The molecule has 0 amide bonds. The van der Waals surface area contributed by atoms with E-state index in [0.717, 1.165) is 16.1 Å². The minimum absolute atomic E-state index is 0.0000643. The highest BCUT2D eigenvalue weighted by Gasteiger charge is 2.52. The van der Waals surface area contributed by atoms with Gasteiger partial charge >= 0.3 is 0 Å². The zero-order valence-corrected chi connectivity index (χ0v) is 17.2. The summed E-state index contributed by atoms with van der Waals surface area (Å²) in [5.41, 5.74) is 5.49. The molecule has 0 spiro atoms. The number of sulfone groups is 1.